The highest BCUT2D eigenvalue weighted by molar-refractivity contribution is 6.31. The SMILES string of the molecule is O=C(CCCN1CCC(O)(c2ccc(Cl)c(C(F)(F)F)c2)CC1)c1ccccc1[N+](=O)[O-]. The van der Waals surface area contributed by atoms with Gasteiger partial charge in [-0.15, -0.1) is 0 Å². The molecule has 3 rings (SSSR count). The van der Waals surface area contributed by atoms with Crippen molar-refractivity contribution in [2.45, 2.75) is 37.5 Å². The number of Topliss-reactive ketones (excluding diaryl/α,β-unsaturated/α-hetero) is 1. The number of hydrogen-bond acceptors (Lipinski definition) is 5. The minimum Gasteiger partial charge on any atom is -0.385 e. The summed E-state index contributed by atoms with van der Waals surface area (Å²) >= 11 is 5.67. The number of piperidine rings is 1. The molecule has 1 aliphatic rings. The van der Waals surface area contributed by atoms with Crippen molar-refractivity contribution in [1.82, 2.24) is 4.90 Å². The Balaban J connectivity index is 1.55. The maximum atomic E-state index is 13.1. The van der Waals surface area contributed by atoms with E-state index in [9.17, 15) is 33.2 Å². The first kappa shape index (κ1) is 24.2. The standard InChI is InChI=1S/C22H22ClF3N2O4/c23-18-8-7-15(14-17(18)22(24,25)26)21(30)9-12-27(13-10-21)11-3-6-20(29)16-4-1-2-5-19(16)28(31)32/h1-2,4-5,7-8,14,30H,3,6,9-13H2. The van der Waals surface area contributed by atoms with E-state index in [1.54, 1.807) is 6.07 Å². The summed E-state index contributed by atoms with van der Waals surface area (Å²) in [7, 11) is 0. The van der Waals surface area contributed by atoms with E-state index in [2.05, 4.69) is 0 Å². The third-order valence-corrected chi connectivity index (χ3v) is 6.10. The summed E-state index contributed by atoms with van der Waals surface area (Å²) in [4.78, 5) is 24.9. The van der Waals surface area contributed by atoms with Crippen molar-refractivity contribution in [1.29, 1.82) is 0 Å². The van der Waals surface area contributed by atoms with Crippen molar-refractivity contribution in [3.05, 3.63) is 74.3 Å². The molecule has 0 atom stereocenters. The lowest BCUT2D eigenvalue weighted by Crippen LogP contribution is -2.43. The Labute approximate surface area is 187 Å². The average molecular weight is 471 g/mol. The first-order chi connectivity index (χ1) is 15.0. The summed E-state index contributed by atoms with van der Waals surface area (Å²) in [5, 5.41) is 21.6. The Hall–Kier alpha value is -2.49. The minimum absolute atomic E-state index is 0.0775. The zero-order valence-electron chi connectivity index (χ0n) is 17.1. The van der Waals surface area contributed by atoms with Gasteiger partial charge in [-0.2, -0.15) is 13.2 Å². The van der Waals surface area contributed by atoms with Crippen LogP contribution in [0.4, 0.5) is 18.9 Å². The van der Waals surface area contributed by atoms with Crippen LogP contribution in [-0.2, 0) is 11.8 Å². The van der Waals surface area contributed by atoms with Crippen LogP contribution in [0.3, 0.4) is 0 Å². The highest BCUT2D eigenvalue weighted by Gasteiger charge is 2.38. The molecular weight excluding hydrogens is 449 g/mol. The second-order valence-electron chi connectivity index (χ2n) is 7.87. The molecule has 10 heteroatoms. The fourth-order valence-electron chi connectivity index (χ4n) is 3.93. The van der Waals surface area contributed by atoms with Crippen molar-refractivity contribution >= 4 is 23.1 Å². The highest BCUT2D eigenvalue weighted by Crippen LogP contribution is 2.40. The van der Waals surface area contributed by atoms with E-state index in [0.29, 0.717) is 26.1 Å². The summed E-state index contributed by atoms with van der Waals surface area (Å²) in [5.74, 6) is -0.313. The van der Waals surface area contributed by atoms with Crippen molar-refractivity contribution < 1.29 is 28.0 Å². The van der Waals surface area contributed by atoms with Gasteiger partial charge in [-0.1, -0.05) is 29.8 Å². The van der Waals surface area contributed by atoms with Crippen molar-refractivity contribution in [3.63, 3.8) is 0 Å². The predicted molar refractivity (Wildman–Crippen MR) is 113 cm³/mol. The molecule has 6 nitrogen and oxygen atoms in total. The number of hydrogen-bond donors (Lipinski definition) is 1. The van der Waals surface area contributed by atoms with Crippen molar-refractivity contribution in [2.24, 2.45) is 0 Å². The van der Waals surface area contributed by atoms with Crippen LogP contribution in [0.1, 0.15) is 47.2 Å². The molecule has 0 aromatic heterocycles. The number of para-hydroxylation sites is 1. The second kappa shape index (κ2) is 9.56. The molecular formula is C22H22ClF3N2O4. The maximum absolute atomic E-state index is 13.1. The predicted octanol–water partition coefficient (Wildman–Crippen LogP) is 5.21. The number of ketones is 1. The topological polar surface area (TPSA) is 83.7 Å². The fraction of sp³-hybridized carbons (Fsp3) is 0.409. The molecule has 0 saturated carbocycles. The normalized spacial score (nSPS) is 16.7. The van der Waals surface area contributed by atoms with E-state index in [-0.39, 0.29) is 41.9 Å². The van der Waals surface area contributed by atoms with E-state index in [0.717, 1.165) is 12.1 Å². The van der Waals surface area contributed by atoms with Gasteiger partial charge >= 0.3 is 6.18 Å². The Bertz CT molecular complexity index is 1000. The lowest BCUT2D eigenvalue weighted by atomic mass is 9.83. The Morgan fingerprint density at radius 1 is 1.19 bits per heavy atom. The van der Waals surface area contributed by atoms with Crippen molar-refractivity contribution in [3.8, 4) is 0 Å². The quantitative estimate of drug-likeness (QED) is 0.341. The number of rotatable bonds is 7. The van der Waals surface area contributed by atoms with E-state index in [4.69, 9.17) is 11.6 Å². The minimum atomic E-state index is -4.61. The largest absolute Gasteiger partial charge is 0.417 e. The van der Waals surface area contributed by atoms with Gasteiger partial charge in [0.25, 0.3) is 5.69 Å². The number of benzene rings is 2. The van der Waals surface area contributed by atoms with E-state index < -0.39 is 27.3 Å². The highest BCUT2D eigenvalue weighted by atomic mass is 35.5. The maximum Gasteiger partial charge on any atom is 0.417 e. The third kappa shape index (κ3) is 5.46. The van der Waals surface area contributed by atoms with Gasteiger partial charge in [0.1, 0.15) is 0 Å². The van der Waals surface area contributed by atoms with Crippen LogP contribution in [-0.4, -0.2) is 40.3 Å². The van der Waals surface area contributed by atoms with Crippen LogP contribution in [0.15, 0.2) is 42.5 Å². The van der Waals surface area contributed by atoms with Gasteiger partial charge in [0.15, 0.2) is 5.78 Å². The molecule has 0 amide bonds. The Kier molecular flexibility index (Phi) is 7.22. The number of carbonyl (C=O) groups excluding carboxylic acids is 1. The molecule has 0 bridgehead atoms. The monoisotopic (exact) mass is 470 g/mol. The molecule has 2 aromatic rings. The smallest absolute Gasteiger partial charge is 0.385 e. The van der Waals surface area contributed by atoms with Crippen LogP contribution in [0.2, 0.25) is 5.02 Å². The van der Waals surface area contributed by atoms with Crippen LogP contribution in [0.5, 0.6) is 0 Å². The summed E-state index contributed by atoms with van der Waals surface area (Å²) in [5.41, 5.74) is -2.32. The molecule has 1 saturated heterocycles. The van der Waals surface area contributed by atoms with Gasteiger partial charge in [0.2, 0.25) is 0 Å². The number of likely N-dealkylation sites (tertiary alicyclic amines) is 1. The number of aliphatic hydroxyl groups is 1. The van der Waals surface area contributed by atoms with E-state index in [1.165, 1.54) is 24.3 Å². The molecule has 2 aromatic carbocycles. The number of halogens is 4. The summed E-state index contributed by atoms with van der Waals surface area (Å²) in [6.45, 7) is 1.43. The number of alkyl halides is 3. The molecule has 32 heavy (non-hydrogen) atoms. The van der Waals surface area contributed by atoms with Gasteiger partial charge in [-0.25, -0.2) is 0 Å². The molecule has 0 spiro atoms. The summed E-state index contributed by atoms with van der Waals surface area (Å²) in [6, 6.07) is 9.28. The number of nitrogens with zero attached hydrogens (tertiary/aromatic N) is 2. The van der Waals surface area contributed by atoms with Gasteiger partial charge in [0, 0.05) is 25.6 Å². The van der Waals surface area contributed by atoms with E-state index in [1.807, 2.05) is 4.90 Å². The van der Waals surface area contributed by atoms with E-state index >= 15 is 0 Å². The molecule has 0 unspecified atom stereocenters. The molecule has 1 fully saturated rings. The van der Waals surface area contributed by atoms with Crippen LogP contribution < -0.4 is 0 Å². The molecule has 0 aliphatic carbocycles. The third-order valence-electron chi connectivity index (χ3n) is 5.77. The molecule has 1 heterocycles. The van der Waals surface area contributed by atoms with Gasteiger partial charge in [-0.05, 0) is 49.6 Å². The molecule has 172 valence electrons. The van der Waals surface area contributed by atoms with Gasteiger partial charge in [-0.3, -0.25) is 14.9 Å². The first-order valence-electron chi connectivity index (χ1n) is 10.1. The average Bonchev–Trinajstić information content (AvgIpc) is 2.74. The molecule has 0 radical (unpaired) electrons. The number of nitro benzene ring substituents is 1. The number of nitro groups is 1. The lowest BCUT2D eigenvalue weighted by molar-refractivity contribution is -0.385. The summed E-state index contributed by atoms with van der Waals surface area (Å²) in [6.07, 6.45) is -3.52. The number of carbonyl (C=O) groups is 1. The van der Waals surface area contributed by atoms with Crippen LogP contribution >= 0.6 is 11.6 Å². The van der Waals surface area contributed by atoms with Gasteiger partial charge < -0.3 is 10.0 Å². The van der Waals surface area contributed by atoms with Crippen LogP contribution in [0.25, 0.3) is 0 Å². The first-order valence-corrected chi connectivity index (χ1v) is 10.5. The zero-order chi connectivity index (χ0) is 23.5. The van der Waals surface area contributed by atoms with Gasteiger partial charge in [0.05, 0.1) is 26.7 Å². The second-order valence-corrected chi connectivity index (χ2v) is 8.27. The lowest BCUT2D eigenvalue weighted by Gasteiger charge is -2.38. The zero-order valence-corrected chi connectivity index (χ0v) is 17.8. The summed E-state index contributed by atoms with van der Waals surface area (Å²) < 4.78 is 39.4. The van der Waals surface area contributed by atoms with Crippen molar-refractivity contribution in [2.75, 3.05) is 19.6 Å². The Morgan fingerprint density at radius 3 is 2.47 bits per heavy atom. The molecule has 1 aliphatic heterocycles. The molecule has 1 N–H and O–H groups in total. The Morgan fingerprint density at radius 2 is 1.84 bits per heavy atom. The van der Waals surface area contributed by atoms with Crippen LogP contribution in [0, 0.1) is 10.1 Å². The fourth-order valence-corrected chi connectivity index (χ4v) is 4.16.